The second-order valence-corrected chi connectivity index (χ2v) is 6.17. The number of ether oxygens (including phenoxy) is 1. The summed E-state index contributed by atoms with van der Waals surface area (Å²) in [7, 11) is 0. The second kappa shape index (κ2) is 6.98. The molecule has 0 atom stereocenters. The summed E-state index contributed by atoms with van der Waals surface area (Å²) >= 11 is 5.82. The zero-order valence-electron chi connectivity index (χ0n) is 13.7. The van der Waals surface area contributed by atoms with E-state index in [2.05, 4.69) is 10.3 Å². The quantitative estimate of drug-likeness (QED) is 0.503. The van der Waals surface area contributed by atoms with Gasteiger partial charge in [-0.25, -0.2) is 9.48 Å². The maximum absolute atomic E-state index is 12.1. The molecule has 3 aromatic carbocycles. The summed E-state index contributed by atoms with van der Waals surface area (Å²) in [4.78, 5) is 12.1. The topological polar surface area (TPSA) is 57.0 Å². The van der Waals surface area contributed by atoms with Crippen LogP contribution in [0, 0.1) is 0 Å². The highest BCUT2D eigenvalue weighted by atomic mass is 35.5. The summed E-state index contributed by atoms with van der Waals surface area (Å²) in [5.41, 5.74) is 1.93. The maximum Gasteiger partial charge on any atom is 0.338 e. The third-order valence-corrected chi connectivity index (χ3v) is 4.24. The molecule has 4 rings (SSSR count). The van der Waals surface area contributed by atoms with E-state index in [0.717, 1.165) is 16.5 Å². The minimum atomic E-state index is -0.429. The van der Waals surface area contributed by atoms with Gasteiger partial charge >= 0.3 is 5.97 Å². The third-order valence-electron chi connectivity index (χ3n) is 3.99. The van der Waals surface area contributed by atoms with Gasteiger partial charge in [0, 0.05) is 10.4 Å². The summed E-state index contributed by atoms with van der Waals surface area (Å²) in [5, 5.41) is 11.0. The molecule has 26 heavy (non-hydrogen) atoms. The molecule has 0 aliphatic rings. The van der Waals surface area contributed by atoms with E-state index < -0.39 is 5.97 Å². The van der Waals surface area contributed by atoms with Crippen molar-refractivity contribution >= 4 is 28.3 Å². The first kappa shape index (κ1) is 16.3. The Balaban J connectivity index is 1.51. The molecule has 0 unspecified atom stereocenters. The van der Waals surface area contributed by atoms with Gasteiger partial charge in [-0.1, -0.05) is 53.2 Å². The van der Waals surface area contributed by atoms with Gasteiger partial charge in [0.05, 0.1) is 17.4 Å². The Morgan fingerprint density at radius 2 is 1.77 bits per heavy atom. The molecule has 0 aliphatic carbocycles. The van der Waals surface area contributed by atoms with Crippen LogP contribution in [0.2, 0.25) is 5.02 Å². The predicted octanol–water partition coefficient (Wildman–Crippen LogP) is 4.43. The van der Waals surface area contributed by atoms with E-state index in [1.807, 2.05) is 42.5 Å². The van der Waals surface area contributed by atoms with Gasteiger partial charge in [0.2, 0.25) is 0 Å². The van der Waals surface area contributed by atoms with Gasteiger partial charge in [-0.3, -0.25) is 0 Å². The second-order valence-electron chi connectivity index (χ2n) is 5.74. The first-order valence-corrected chi connectivity index (χ1v) is 8.40. The number of esters is 1. The number of carbonyl (C=O) groups excluding carboxylic acids is 1. The van der Waals surface area contributed by atoms with E-state index in [-0.39, 0.29) is 6.61 Å². The van der Waals surface area contributed by atoms with Crippen molar-refractivity contribution in [1.29, 1.82) is 0 Å². The van der Waals surface area contributed by atoms with Crippen molar-refractivity contribution in [2.75, 3.05) is 0 Å². The molecular formula is C20H14ClN3O2. The lowest BCUT2D eigenvalue weighted by Gasteiger charge is -2.05. The number of benzene rings is 3. The summed E-state index contributed by atoms with van der Waals surface area (Å²) in [5.74, 6) is -0.429. The van der Waals surface area contributed by atoms with Crippen molar-refractivity contribution in [2.24, 2.45) is 0 Å². The average Bonchev–Trinajstić information content (AvgIpc) is 3.15. The van der Waals surface area contributed by atoms with Crippen LogP contribution in [0.15, 0.2) is 72.9 Å². The normalized spacial score (nSPS) is 10.8. The van der Waals surface area contributed by atoms with Crippen LogP contribution in [-0.4, -0.2) is 21.0 Å². The summed E-state index contributed by atoms with van der Waals surface area (Å²) < 4.78 is 6.98. The molecule has 0 saturated heterocycles. The first-order valence-electron chi connectivity index (χ1n) is 8.03. The summed E-state index contributed by atoms with van der Waals surface area (Å²) in [6, 6.07) is 20.6. The molecule has 0 saturated carbocycles. The largest absolute Gasteiger partial charge is 0.455 e. The summed E-state index contributed by atoms with van der Waals surface area (Å²) in [6.07, 6.45) is 1.76. The van der Waals surface area contributed by atoms with Crippen molar-refractivity contribution in [2.45, 2.75) is 6.61 Å². The Morgan fingerprint density at radius 1 is 1.00 bits per heavy atom. The molecule has 6 heteroatoms. The van der Waals surface area contributed by atoms with Crippen LogP contribution in [0.5, 0.6) is 0 Å². The average molecular weight is 364 g/mol. The number of aromatic nitrogens is 3. The van der Waals surface area contributed by atoms with Crippen LogP contribution < -0.4 is 0 Å². The highest BCUT2D eigenvalue weighted by molar-refractivity contribution is 6.30. The molecule has 0 bridgehead atoms. The van der Waals surface area contributed by atoms with Crippen molar-refractivity contribution in [1.82, 2.24) is 15.0 Å². The molecule has 0 radical (unpaired) electrons. The van der Waals surface area contributed by atoms with Crippen molar-refractivity contribution in [3.63, 3.8) is 0 Å². The van der Waals surface area contributed by atoms with Crippen molar-refractivity contribution in [3.8, 4) is 5.69 Å². The van der Waals surface area contributed by atoms with E-state index in [4.69, 9.17) is 16.3 Å². The highest BCUT2D eigenvalue weighted by Gasteiger charge is 2.10. The van der Waals surface area contributed by atoms with Crippen LogP contribution in [0.4, 0.5) is 0 Å². The van der Waals surface area contributed by atoms with Crippen molar-refractivity contribution in [3.05, 3.63) is 89.2 Å². The number of carbonyl (C=O) groups is 1. The maximum atomic E-state index is 12.1. The lowest BCUT2D eigenvalue weighted by Crippen LogP contribution is -2.05. The molecule has 0 amide bonds. The molecular weight excluding hydrogens is 350 g/mol. The van der Waals surface area contributed by atoms with E-state index in [9.17, 15) is 4.79 Å². The standard InChI is InChI=1S/C20H14ClN3O2/c21-16-10-8-15(9-11-16)20(25)26-13-17-12-24(23-22-17)19-7-3-5-14-4-1-2-6-18(14)19/h1-12H,13H2. The monoisotopic (exact) mass is 363 g/mol. The van der Waals surface area contributed by atoms with E-state index in [1.165, 1.54) is 0 Å². The Hall–Kier alpha value is -3.18. The fraction of sp³-hybridized carbons (Fsp3) is 0.0500. The number of fused-ring (bicyclic) bond motifs is 1. The number of hydrogen-bond acceptors (Lipinski definition) is 4. The van der Waals surface area contributed by atoms with Gasteiger partial charge in [-0.15, -0.1) is 5.10 Å². The minimum Gasteiger partial charge on any atom is -0.455 e. The van der Waals surface area contributed by atoms with Gasteiger partial charge in [-0.2, -0.15) is 0 Å². The molecule has 0 fully saturated rings. The fourth-order valence-corrected chi connectivity index (χ4v) is 2.83. The molecule has 1 heterocycles. The van der Waals surface area contributed by atoms with Crippen LogP contribution >= 0.6 is 11.6 Å². The number of halogens is 1. The molecule has 0 spiro atoms. The molecule has 1 aromatic heterocycles. The Kier molecular flexibility index (Phi) is 4.37. The van der Waals surface area contributed by atoms with Crippen LogP contribution in [0.3, 0.4) is 0 Å². The number of rotatable bonds is 4. The van der Waals surface area contributed by atoms with Gasteiger partial charge in [-0.05, 0) is 35.7 Å². The third kappa shape index (κ3) is 3.30. The highest BCUT2D eigenvalue weighted by Crippen LogP contribution is 2.21. The van der Waals surface area contributed by atoms with Gasteiger partial charge in [0.1, 0.15) is 12.3 Å². The lowest BCUT2D eigenvalue weighted by atomic mass is 10.1. The number of hydrogen-bond donors (Lipinski definition) is 0. The Morgan fingerprint density at radius 3 is 2.62 bits per heavy atom. The van der Waals surface area contributed by atoms with Gasteiger partial charge in [0.15, 0.2) is 0 Å². The van der Waals surface area contributed by atoms with Gasteiger partial charge in [0.25, 0.3) is 0 Å². The van der Waals surface area contributed by atoms with Crippen LogP contribution in [0.1, 0.15) is 16.1 Å². The van der Waals surface area contributed by atoms with E-state index >= 15 is 0 Å². The minimum absolute atomic E-state index is 0.0478. The molecule has 128 valence electrons. The smallest absolute Gasteiger partial charge is 0.338 e. The van der Waals surface area contributed by atoms with Crippen LogP contribution in [0.25, 0.3) is 16.5 Å². The molecule has 0 aliphatic heterocycles. The fourth-order valence-electron chi connectivity index (χ4n) is 2.70. The van der Waals surface area contributed by atoms with E-state index in [0.29, 0.717) is 16.3 Å². The lowest BCUT2D eigenvalue weighted by molar-refractivity contribution is 0.0467. The van der Waals surface area contributed by atoms with E-state index in [1.54, 1.807) is 35.1 Å². The first-order chi connectivity index (χ1) is 12.7. The SMILES string of the molecule is O=C(OCc1cn(-c2cccc3ccccc23)nn1)c1ccc(Cl)cc1. The molecule has 5 nitrogen and oxygen atoms in total. The Bertz CT molecular complexity index is 1070. The van der Waals surface area contributed by atoms with Crippen LogP contribution in [-0.2, 0) is 11.3 Å². The molecule has 4 aromatic rings. The summed E-state index contributed by atoms with van der Waals surface area (Å²) in [6.45, 7) is 0.0478. The van der Waals surface area contributed by atoms with Crippen molar-refractivity contribution < 1.29 is 9.53 Å². The predicted molar refractivity (Wildman–Crippen MR) is 99.4 cm³/mol. The zero-order valence-corrected chi connectivity index (χ0v) is 14.4. The van der Waals surface area contributed by atoms with Gasteiger partial charge < -0.3 is 4.74 Å². The Labute approximate surface area is 154 Å². The molecule has 0 N–H and O–H groups in total. The number of nitrogens with zero attached hydrogens (tertiary/aromatic N) is 3. The zero-order chi connectivity index (χ0) is 17.9.